The molecular weight excluding hydrogens is 257 g/mol. The van der Waals surface area contributed by atoms with Crippen molar-refractivity contribution in [2.45, 2.75) is 19.6 Å². The molecule has 2 aromatic rings. The number of halogens is 2. The minimum atomic E-state index is -0.497. The maximum Gasteiger partial charge on any atom is 0.0911 e. The van der Waals surface area contributed by atoms with Crippen molar-refractivity contribution < 1.29 is 5.11 Å². The van der Waals surface area contributed by atoms with E-state index in [1.54, 1.807) is 19.1 Å². The largest absolute Gasteiger partial charge is 0.387 e. The molecule has 1 aromatic carbocycles. The van der Waals surface area contributed by atoms with Crippen LogP contribution in [0.3, 0.4) is 0 Å². The molecule has 0 bridgehead atoms. The summed E-state index contributed by atoms with van der Waals surface area (Å²) < 4.78 is 1.96. The molecule has 4 heteroatoms. The number of nitrogens with zero attached hydrogens (tertiary/aromatic N) is 1. The minimum Gasteiger partial charge on any atom is -0.387 e. The van der Waals surface area contributed by atoms with E-state index in [9.17, 15) is 5.11 Å². The fraction of sp³-hybridized carbons (Fsp3) is 0.231. The molecule has 0 fully saturated rings. The smallest absolute Gasteiger partial charge is 0.0911 e. The van der Waals surface area contributed by atoms with Gasteiger partial charge in [0, 0.05) is 28.5 Å². The summed E-state index contributed by atoms with van der Waals surface area (Å²) in [6.07, 6.45) is 1.42. The second-order valence-corrected chi connectivity index (χ2v) is 4.82. The van der Waals surface area contributed by atoms with E-state index in [2.05, 4.69) is 0 Å². The van der Waals surface area contributed by atoms with E-state index < -0.39 is 6.10 Å². The minimum absolute atomic E-state index is 0.497. The Morgan fingerprint density at radius 3 is 2.76 bits per heavy atom. The third kappa shape index (κ3) is 2.83. The average Bonchev–Trinajstić information content (AvgIpc) is 2.71. The zero-order valence-electron chi connectivity index (χ0n) is 9.40. The lowest BCUT2D eigenvalue weighted by molar-refractivity contribution is 0.190. The Hall–Kier alpha value is -0.960. The molecule has 2 rings (SSSR count). The van der Waals surface area contributed by atoms with Crippen LogP contribution in [0.1, 0.15) is 24.3 Å². The molecule has 0 spiro atoms. The van der Waals surface area contributed by atoms with Crippen molar-refractivity contribution in [1.29, 1.82) is 0 Å². The Kier molecular flexibility index (Phi) is 3.77. The molecule has 1 N–H and O–H groups in total. The van der Waals surface area contributed by atoms with Gasteiger partial charge in [-0.2, -0.15) is 0 Å². The number of rotatable bonds is 3. The lowest BCUT2D eigenvalue weighted by Crippen LogP contribution is -2.06. The fourth-order valence-corrected chi connectivity index (χ4v) is 2.17. The van der Waals surface area contributed by atoms with E-state index in [0.29, 0.717) is 16.6 Å². The van der Waals surface area contributed by atoms with Gasteiger partial charge in [-0.25, -0.2) is 0 Å². The molecule has 0 amide bonds. The molecule has 0 saturated carbocycles. The van der Waals surface area contributed by atoms with E-state index in [0.717, 1.165) is 11.3 Å². The van der Waals surface area contributed by atoms with Gasteiger partial charge in [0.15, 0.2) is 0 Å². The molecule has 0 radical (unpaired) electrons. The zero-order valence-corrected chi connectivity index (χ0v) is 10.9. The van der Waals surface area contributed by atoms with Crippen LogP contribution < -0.4 is 0 Å². The third-order valence-corrected chi connectivity index (χ3v) is 3.24. The molecule has 2 nitrogen and oxygen atoms in total. The molecule has 1 atom stereocenters. The van der Waals surface area contributed by atoms with Crippen LogP contribution >= 0.6 is 23.2 Å². The van der Waals surface area contributed by atoms with Crippen LogP contribution in [-0.4, -0.2) is 9.67 Å². The summed E-state index contributed by atoms with van der Waals surface area (Å²) in [5.74, 6) is 0. The quantitative estimate of drug-likeness (QED) is 0.899. The standard InChI is InChI=1S/C13H13Cl2NO/c1-9(17)13-3-2-6-16(13)8-10-7-11(14)4-5-12(10)15/h2-7,9,17H,8H2,1H3. The first-order valence-corrected chi connectivity index (χ1v) is 6.10. The van der Waals surface area contributed by atoms with Gasteiger partial charge in [-0.15, -0.1) is 0 Å². The van der Waals surface area contributed by atoms with Crippen LogP contribution in [0.2, 0.25) is 10.0 Å². The van der Waals surface area contributed by atoms with E-state index in [1.165, 1.54) is 0 Å². The first-order valence-electron chi connectivity index (χ1n) is 5.35. The lowest BCUT2D eigenvalue weighted by atomic mass is 10.2. The van der Waals surface area contributed by atoms with Crippen molar-refractivity contribution in [3.63, 3.8) is 0 Å². The fourth-order valence-electron chi connectivity index (χ4n) is 1.80. The Morgan fingerprint density at radius 1 is 1.29 bits per heavy atom. The Balaban J connectivity index is 2.31. The van der Waals surface area contributed by atoms with E-state index in [-0.39, 0.29) is 0 Å². The molecule has 0 aliphatic heterocycles. The number of hydrogen-bond donors (Lipinski definition) is 1. The molecular formula is C13H13Cl2NO. The van der Waals surface area contributed by atoms with E-state index in [4.69, 9.17) is 23.2 Å². The summed E-state index contributed by atoms with van der Waals surface area (Å²) in [4.78, 5) is 0. The van der Waals surface area contributed by atoms with Crippen LogP contribution in [0.25, 0.3) is 0 Å². The van der Waals surface area contributed by atoms with Gasteiger partial charge in [0.1, 0.15) is 0 Å². The van der Waals surface area contributed by atoms with Crippen molar-refractivity contribution in [1.82, 2.24) is 4.57 Å². The van der Waals surface area contributed by atoms with Crippen molar-refractivity contribution in [2.75, 3.05) is 0 Å². The summed E-state index contributed by atoms with van der Waals surface area (Å²) in [6.45, 7) is 2.35. The molecule has 1 heterocycles. The number of hydrogen-bond acceptors (Lipinski definition) is 1. The molecule has 0 aliphatic rings. The van der Waals surface area contributed by atoms with Crippen LogP contribution in [0, 0.1) is 0 Å². The highest BCUT2D eigenvalue weighted by atomic mass is 35.5. The van der Waals surface area contributed by atoms with Gasteiger partial charge in [-0.3, -0.25) is 0 Å². The highest BCUT2D eigenvalue weighted by molar-refractivity contribution is 6.33. The Morgan fingerprint density at radius 2 is 2.06 bits per heavy atom. The molecule has 0 saturated heterocycles. The third-order valence-electron chi connectivity index (χ3n) is 2.64. The second-order valence-electron chi connectivity index (χ2n) is 3.97. The normalized spacial score (nSPS) is 12.7. The van der Waals surface area contributed by atoms with Crippen LogP contribution in [0.5, 0.6) is 0 Å². The summed E-state index contributed by atoms with van der Waals surface area (Å²) in [6, 6.07) is 9.18. The molecule has 17 heavy (non-hydrogen) atoms. The monoisotopic (exact) mass is 269 g/mol. The highest BCUT2D eigenvalue weighted by Gasteiger charge is 2.09. The van der Waals surface area contributed by atoms with Crippen LogP contribution in [0.15, 0.2) is 36.5 Å². The second kappa shape index (κ2) is 5.13. The average molecular weight is 270 g/mol. The molecule has 1 unspecified atom stereocenters. The van der Waals surface area contributed by atoms with Gasteiger partial charge in [-0.05, 0) is 42.8 Å². The summed E-state index contributed by atoms with van der Waals surface area (Å²) in [7, 11) is 0. The lowest BCUT2D eigenvalue weighted by Gasteiger charge is -2.12. The van der Waals surface area contributed by atoms with Crippen molar-refractivity contribution in [3.05, 3.63) is 57.8 Å². The number of benzene rings is 1. The van der Waals surface area contributed by atoms with Gasteiger partial charge in [0.25, 0.3) is 0 Å². The number of aromatic nitrogens is 1. The Bertz CT molecular complexity index is 520. The van der Waals surface area contributed by atoms with Gasteiger partial charge in [0.05, 0.1) is 6.10 Å². The maximum atomic E-state index is 9.62. The zero-order chi connectivity index (χ0) is 12.4. The predicted octanol–water partition coefficient (Wildman–Crippen LogP) is 3.90. The Labute approximate surface area is 110 Å². The molecule has 1 aromatic heterocycles. The molecule has 90 valence electrons. The van der Waals surface area contributed by atoms with E-state index in [1.807, 2.05) is 29.0 Å². The van der Waals surface area contributed by atoms with E-state index >= 15 is 0 Å². The van der Waals surface area contributed by atoms with Crippen molar-refractivity contribution in [2.24, 2.45) is 0 Å². The van der Waals surface area contributed by atoms with Gasteiger partial charge in [0.2, 0.25) is 0 Å². The number of aliphatic hydroxyl groups is 1. The van der Waals surface area contributed by atoms with Crippen molar-refractivity contribution >= 4 is 23.2 Å². The summed E-state index contributed by atoms with van der Waals surface area (Å²) >= 11 is 12.1. The van der Waals surface area contributed by atoms with Crippen LogP contribution in [0.4, 0.5) is 0 Å². The SMILES string of the molecule is CC(O)c1cccn1Cc1cc(Cl)ccc1Cl. The van der Waals surface area contributed by atoms with Gasteiger partial charge in [-0.1, -0.05) is 23.2 Å². The van der Waals surface area contributed by atoms with Gasteiger partial charge < -0.3 is 9.67 Å². The predicted molar refractivity (Wildman–Crippen MR) is 70.6 cm³/mol. The first kappa shape index (κ1) is 12.5. The molecule has 0 aliphatic carbocycles. The highest BCUT2D eigenvalue weighted by Crippen LogP contribution is 2.23. The van der Waals surface area contributed by atoms with Crippen molar-refractivity contribution in [3.8, 4) is 0 Å². The summed E-state index contributed by atoms with van der Waals surface area (Å²) in [5.41, 5.74) is 1.80. The van der Waals surface area contributed by atoms with Gasteiger partial charge >= 0.3 is 0 Å². The summed E-state index contributed by atoms with van der Waals surface area (Å²) in [5, 5.41) is 11.0. The topological polar surface area (TPSA) is 25.2 Å². The maximum absolute atomic E-state index is 9.62. The first-order chi connectivity index (χ1) is 8.08. The number of aliphatic hydroxyl groups excluding tert-OH is 1. The van der Waals surface area contributed by atoms with Crippen LogP contribution in [-0.2, 0) is 6.54 Å².